The van der Waals surface area contributed by atoms with E-state index in [0.717, 1.165) is 25.8 Å². The lowest BCUT2D eigenvalue weighted by atomic mass is 10.2. The third-order valence-corrected chi connectivity index (χ3v) is 1.34. The Morgan fingerprint density at radius 3 is 2.55 bits per heavy atom. The minimum Gasteiger partial charge on any atom is -0.513 e. The first-order valence-electron chi connectivity index (χ1n) is 3.99. The van der Waals surface area contributed by atoms with Gasteiger partial charge in [0.15, 0.2) is 0 Å². The van der Waals surface area contributed by atoms with E-state index in [-0.39, 0.29) is 5.76 Å². The molecule has 0 saturated heterocycles. The normalized spacial score (nSPS) is 10.6. The van der Waals surface area contributed by atoms with Crippen LogP contribution in [-0.2, 0) is 0 Å². The molecule has 0 aromatic rings. The SMILES string of the molecule is C=C(O)CC/C=C/CCCN. The summed E-state index contributed by atoms with van der Waals surface area (Å²) in [4.78, 5) is 0. The van der Waals surface area contributed by atoms with Gasteiger partial charge in [-0.15, -0.1) is 0 Å². The Bertz CT molecular complexity index is 130. The van der Waals surface area contributed by atoms with Crippen LogP contribution in [0.3, 0.4) is 0 Å². The molecule has 0 atom stereocenters. The number of aliphatic hydroxyl groups is 1. The van der Waals surface area contributed by atoms with Crippen molar-refractivity contribution in [2.75, 3.05) is 6.54 Å². The van der Waals surface area contributed by atoms with E-state index >= 15 is 0 Å². The molecule has 0 bridgehead atoms. The van der Waals surface area contributed by atoms with Crippen LogP contribution in [0.4, 0.5) is 0 Å². The number of nitrogens with two attached hydrogens (primary N) is 1. The molecule has 0 fully saturated rings. The molecule has 0 saturated carbocycles. The quantitative estimate of drug-likeness (QED) is 0.350. The lowest BCUT2D eigenvalue weighted by Gasteiger charge is -1.92. The van der Waals surface area contributed by atoms with E-state index in [4.69, 9.17) is 10.8 Å². The molecule has 0 amide bonds. The Morgan fingerprint density at radius 1 is 1.36 bits per heavy atom. The summed E-state index contributed by atoms with van der Waals surface area (Å²) in [5.74, 6) is 0.258. The van der Waals surface area contributed by atoms with Crippen LogP contribution in [0.1, 0.15) is 25.7 Å². The summed E-state index contributed by atoms with van der Waals surface area (Å²) in [7, 11) is 0. The molecule has 0 aliphatic carbocycles. The lowest BCUT2D eigenvalue weighted by molar-refractivity contribution is 0.392. The Kier molecular flexibility index (Phi) is 6.84. The van der Waals surface area contributed by atoms with Gasteiger partial charge in [-0.1, -0.05) is 18.7 Å². The standard InChI is InChI=1S/C9H17NO/c1-9(11)7-5-3-2-4-6-8-10/h2-3,11H,1,4-8,10H2/b3-2+. The zero-order valence-electron chi connectivity index (χ0n) is 6.92. The second kappa shape index (κ2) is 7.35. The Balaban J connectivity index is 3.10. The average Bonchev–Trinajstić information content (AvgIpc) is 1.96. The predicted octanol–water partition coefficient (Wildman–Crippen LogP) is 2.13. The molecule has 0 aromatic carbocycles. The van der Waals surface area contributed by atoms with Crippen LogP contribution >= 0.6 is 0 Å². The van der Waals surface area contributed by atoms with Gasteiger partial charge < -0.3 is 10.8 Å². The van der Waals surface area contributed by atoms with Gasteiger partial charge in [0.1, 0.15) is 0 Å². The van der Waals surface area contributed by atoms with Gasteiger partial charge >= 0.3 is 0 Å². The number of unbranched alkanes of at least 4 members (excludes halogenated alkanes) is 1. The van der Waals surface area contributed by atoms with Crippen LogP contribution in [0.5, 0.6) is 0 Å². The zero-order chi connectivity index (χ0) is 8.53. The van der Waals surface area contributed by atoms with Crippen molar-refractivity contribution in [3.05, 3.63) is 24.5 Å². The number of aliphatic hydroxyl groups excluding tert-OH is 1. The molecule has 0 radical (unpaired) electrons. The van der Waals surface area contributed by atoms with Crippen molar-refractivity contribution in [1.82, 2.24) is 0 Å². The largest absolute Gasteiger partial charge is 0.513 e. The summed E-state index contributed by atoms with van der Waals surface area (Å²) in [6.07, 6.45) is 7.76. The molecule has 11 heavy (non-hydrogen) atoms. The highest BCUT2D eigenvalue weighted by atomic mass is 16.3. The maximum Gasteiger partial charge on any atom is 0.0854 e. The lowest BCUT2D eigenvalue weighted by Crippen LogP contribution is -1.96. The molecule has 0 spiro atoms. The number of hydrogen-bond donors (Lipinski definition) is 2. The third kappa shape index (κ3) is 9.24. The number of rotatable bonds is 6. The Labute approximate surface area is 68.4 Å². The van der Waals surface area contributed by atoms with E-state index < -0.39 is 0 Å². The van der Waals surface area contributed by atoms with Crippen LogP contribution in [0.25, 0.3) is 0 Å². The maximum absolute atomic E-state index is 8.71. The van der Waals surface area contributed by atoms with Gasteiger partial charge in [-0.25, -0.2) is 0 Å². The van der Waals surface area contributed by atoms with Crippen LogP contribution in [0.2, 0.25) is 0 Å². The van der Waals surface area contributed by atoms with Crippen molar-refractivity contribution in [3.63, 3.8) is 0 Å². The van der Waals surface area contributed by atoms with Gasteiger partial charge in [0.25, 0.3) is 0 Å². The first-order chi connectivity index (χ1) is 5.27. The maximum atomic E-state index is 8.71. The van der Waals surface area contributed by atoms with Gasteiger partial charge in [0, 0.05) is 6.42 Å². The first-order valence-corrected chi connectivity index (χ1v) is 3.99. The van der Waals surface area contributed by atoms with E-state index in [1.165, 1.54) is 0 Å². The molecular weight excluding hydrogens is 138 g/mol. The van der Waals surface area contributed by atoms with Gasteiger partial charge in [0.05, 0.1) is 5.76 Å². The summed E-state index contributed by atoms with van der Waals surface area (Å²) < 4.78 is 0. The molecule has 64 valence electrons. The van der Waals surface area contributed by atoms with Crippen molar-refractivity contribution in [1.29, 1.82) is 0 Å². The number of allylic oxidation sites excluding steroid dienone is 3. The second-order valence-electron chi connectivity index (χ2n) is 2.51. The highest BCUT2D eigenvalue weighted by Crippen LogP contribution is 1.99. The Hall–Kier alpha value is -0.760. The fourth-order valence-corrected chi connectivity index (χ4v) is 0.721. The van der Waals surface area contributed by atoms with Crippen LogP contribution in [-0.4, -0.2) is 11.7 Å². The smallest absolute Gasteiger partial charge is 0.0854 e. The van der Waals surface area contributed by atoms with E-state index in [2.05, 4.69) is 18.7 Å². The molecule has 0 unspecified atom stereocenters. The van der Waals surface area contributed by atoms with Gasteiger partial charge in [-0.2, -0.15) is 0 Å². The van der Waals surface area contributed by atoms with Gasteiger partial charge in [-0.3, -0.25) is 0 Å². The molecule has 0 aromatic heterocycles. The zero-order valence-corrected chi connectivity index (χ0v) is 6.92. The third-order valence-electron chi connectivity index (χ3n) is 1.34. The van der Waals surface area contributed by atoms with E-state index in [1.54, 1.807) is 0 Å². The minimum atomic E-state index is 0.258. The molecule has 2 nitrogen and oxygen atoms in total. The molecule has 2 heteroatoms. The second-order valence-corrected chi connectivity index (χ2v) is 2.51. The van der Waals surface area contributed by atoms with E-state index in [1.807, 2.05) is 0 Å². The molecule has 0 heterocycles. The minimum absolute atomic E-state index is 0.258. The fourth-order valence-electron chi connectivity index (χ4n) is 0.721. The summed E-state index contributed by atoms with van der Waals surface area (Å²) in [6.45, 7) is 4.14. The average molecular weight is 155 g/mol. The molecule has 0 aliphatic heterocycles. The molecule has 3 N–H and O–H groups in total. The van der Waals surface area contributed by atoms with Crippen molar-refractivity contribution >= 4 is 0 Å². The van der Waals surface area contributed by atoms with Crippen molar-refractivity contribution in [3.8, 4) is 0 Å². The molecule has 0 aliphatic rings. The first kappa shape index (κ1) is 10.2. The van der Waals surface area contributed by atoms with Crippen molar-refractivity contribution in [2.45, 2.75) is 25.7 Å². The van der Waals surface area contributed by atoms with Crippen LogP contribution in [0.15, 0.2) is 24.5 Å². The summed E-state index contributed by atoms with van der Waals surface area (Å²) in [6, 6.07) is 0. The van der Waals surface area contributed by atoms with E-state index in [0.29, 0.717) is 6.42 Å². The molecular formula is C9H17NO. The van der Waals surface area contributed by atoms with E-state index in [9.17, 15) is 0 Å². The summed E-state index contributed by atoms with van der Waals surface area (Å²) >= 11 is 0. The highest BCUT2D eigenvalue weighted by molar-refractivity contribution is 4.87. The monoisotopic (exact) mass is 155 g/mol. The van der Waals surface area contributed by atoms with Crippen molar-refractivity contribution in [2.24, 2.45) is 5.73 Å². The predicted molar refractivity (Wildman–Crippen MR) is 48.4 cm³/mol. The molecule has 0 rings (SSSR count). The summed E-state index contributed by atoms with van der Waals surface area (Å²) in [5, 5.41) is 8.71. The van der Waals surface area contributed by atoms with Gasteiger partial charge in [0.2, 0.25) is 0 Å². The highest BCUT2D eigenvalue weighted by Gasteiger charge is 1.84. The fraction of sp³-hybridized carbons (Fsp3) is 0.556. The number of hydrogen-bond acceptors (Lipinski definition) is 2. The topological polar surface area (TPSA) is 46.2 Å². The van der Waals surface area contributed by atoms with Gasteiger partial charge in [-0.05, 0) is 25.8 Å². The van der Waals surface area contributed by atoms with Crippen LogP contribution < -0.4 is 5.73 Å². The Morgan fingerprint density at radius 2 is 2.00 bits per heavy atom. The summed E-state index contributed by atoms with van der Waals surface area (Å²) in [5.41, 5.74) is 5.30. The van der Waals surface area contributed by atoms with Crippen molar-refractivity contribution < 1.29 is 5.11 Å². The van der Waals surface area contributed by atoms with Crippen LogP contribution in [0, 0.1) is 0 Å².